The van der Waals surface area contributed by atoms with Gasteiger partial charge in [0.15, 0.2) is 0 Å². The van der Waals surface area contributed by atoms with Crippen molar-refractivity contribution in [2.75, 3.05) is 38.2 Å². The number of nitrogens with zero attached hydrogens (tertiary/aromatic N) is 2. The van der Waals surface area contributed by atoms with Gasteiger partial charge < -0.3 is 15.0 Å². The number of para-hydroxylation sites is 1. The minimum absolute atomic E-state index is 0.0732. The van der Waals surface area contributed by atoms with E-state index in [2.05, 4.69) is 39.6 Å². The summed E-state index contributed by atoms with van der Waals surface area (Å²) in [5, 5.41) is 5.27. The second kappa shape index (κ2) is 10.1. The molecule has 0 saturated carbocycles. The molecule has 1 aliphatic heterocycles. The molecule has 0 unspecified atom stereocenters. The first kappa shape index (κ1) is 22.3. The van der Waals surface area contributed by atoms with Crippen LogP contribution in [-0.4, -0.2) is 50.1 Å². The Hall–Kier alpha value is -2.90. The molecular formula is C25H28FN3O2S. The van der Waals surface area contributed by atoms with Gasteiger partial charge in [0.05, 0.1) is 18.7 Å². The molecule has 168 valence electrons. The van der Waals surface area contributed by atoms with Crippen molar-refractivity contribution in [2.24, 2.45) is 0 Å². The molecule has 1 saturated heterocycles. The number of ether oxygens (including phenoxy) is 1. The highest BCUT2D eigenvalue weighted by Crippen LogP contribution is 2.31. The van der Waals surface area contributed by atoms with E-state index in [1.165, 1.54) is 17.0 Å². The molecule has 32 heavy (non-hydrogen) atoms. The summed E-state index contributed by atoms with van der Waals surface area (Å²) in [5.41, 5.74) is 1.57. The van der Waals surface area contributed by atoms with Gasteiger partial charge in [-0.05, 0) is 54.8 Å². The molecule has 0 aliphatic carbocycles. The lowest BCUT2D eigenvalue weighted by atomic mass is 10.0. The van der Waals surface area contributed by atoms with Gasteiger partial charge in [0.1, 0.15) is 11.6 Å². The number of rotatable bonds is 7. The van der Waals surface area contributed by atoms with Crippen LogP contribution in [0.1, 0.15) is 28.2 Å². The molecule has 1 aromatic heterocycles. The normalized spacial score (nSPS) is 16.4. The van der Waals surface area contributed by atoms with Crippen LogP contribution >= 0.6 is 11.3 Å². The minimum Gasteiger partial charge on any atom is -0.496 e. The number of piperazine rings is 1. The Labute approximate surface area is 192 Å². The highest BCUT2D eigenvalue weighted by atomic mass is 32.1. The zero-order valence-electron chi connectivity index (χ0n) is 18.3. The van der Waals surface area contributed by atoms with Crippen LogP contribution in [0.3, 0.4) is 0 Å². The maximum atomic E-state index is 13.3. The van der Waals surface area contributed by atoms with Crippen molar-refractivity contribution in [3.05, 3.63) is 82.3 Å². The predicted molar refractivity (Wildman–Crippen MR) is 127 cm³/mol. The topological polar surface area (TPSA) is 44.8 Å². The van der Waals surface area contributed by atoms with Crippen molar-refractivity contribution in [2.45, 2.75) is 19.0 Å². The summed E-state index contributed by atoms with van der Waals surface area (Å²) in [4.78, 5) is 18.9. The summed E-state index contributed by atoms with van der Waals surface area (Å²) >= 11 is 1.71. The molecule has 7 heteroatoms. The molecule has 1 amide bonds. The number of carbonyl (C=O) groups is 1. The molecule has 1 N–H and O–H groups in total. The number of thiophene rings is 1. The molecule has 0 bridgehead atoms. The van der Waals surface area contributed by atoms with Gasteiger partial charge in [0, 0.05) is 42.8 Å². The number of hydrogen-bond acceptors (Lipinski definition) is 5. The number of carbonyl (C=O) groups excluding carboxylic acids is 1. The average molecular weight is 454 g/mol. The number of anilines is 1. The van der Waals surface area contributed by atoms with E-state index in [4.69, 9.17) is 4.74 Å². The number of amides is 1. The number of benzene rings is 2. The van der Waals surface area contributed by atoms with Crippen LogP contribution in [0.5, 0.6) is 5.75 Å². The number of methoxy groups -OCH3 is 1. The van der Waals surface area contributed by atoms with Gasteiger partial charge in [-0.2, -0.15) is 0 Å². The molecule has 1 fully saturated rings. The Morgan fingerprint density at radius 1 is 1.03 bits per heavy atom. The first-order chi connectivity index (χ1) is 15.6. The number of halogens is 1. The molecule has 3 aromatic rings. The third kappa shape index (κ3) is 4.95. The van der Waals surface area contributed by atoms with E-state index >= 15 is 0 Å². The minimum atomic E-state index is -0.218. The van der Waals surface area contributed by atoms with Gasteiger partial charge in [-0.15, -0.1) is 11.3 Å². The van der Waals surface area contributed by atoms with Crippen LogP contribution in [0, 0.1) is 5.82 Å². The quantitative estimate of drug-likeness (QED) is 0.569. The Morgan fingerprint density at radius 3 is 2.41 bits per heavy atom. The zero-order chi connectivity index (χ0) is 22.5. The van der Waals surface area contributed by atoms with Crippen LogP contribution in [0.2, 0.25) is 0 Å². The van der Waals surface area contributed by atoms with Gasteiger partial charge in [0.25, 0.3) is 5.91 Å². The van der Waals surface area contributed by atoms with Crippen molar-refractivity contribution in [3.63, 3.8) is 0 Å². The van der Waals surface area contributed by atoms with E-state index in [-0.39, 0.29) is 23.8 Å². The molecule has 5 nitrogen and oxygen atoms in total. The van der Waals surface area contributed by atoms with Crippen LogP contribution < -0.4 is 15.0 Å². The molecule has 4 rings (SSSR count). The van der Waals surface area contributed by atoms with E-state index in [0.717, 1.165) is 31.9 Å². The number of hydrogen-bond donors (Lipinski definition) is 1. The van der Waals surface area contributed by atoms with E-state index in [0.29, 0.717) is 11.3 Å². The Morgan fingerprint density at radius 2 is 1.75 bits per heavy atom. The molecule has 2 aromatic carbocycles. The monoisotopic (exact) mass is 453 g/mol. The van der Waals surface area contributed by atoms with E-state index in [1.807, 2.05) is 24.3 Å². The summed E-state index contributed by atoms with van der Waals surface area (Å²) in [6, 6.07) is 18.1. The first-order valence-electron chi connectivity index (χ1n) is 10.8. The molecule has 2 heterocycles. The number of nitrogens with one attached hydrogen (secondary N) is 1. The summed E-state index contributed by atoms with van der Waals surface area (Å²) < 4.78 is 18.6. The van der Waals surface area contributed by atoms with Crippen LogP contribution in [0.25, 0.3) is 0 Å². The second-order valence-corrected chi connectivity index (χ2v) is 8.90. The van der Waals surface area contributed by atoms with Crippen molar-refractivity contribution < 1.29 is 13.9 Å². The van der Waals surface area contributed by atoms with Crippen molar-refractivity contribution in [3.8, 4) is 5.75 Å². The summed E-state index contributed by atoms with van der Waals surface area (Å²) in [6.45, 7) is 5.47. The highest BCUT2D eigenvalue weighted by Gasteiger charge is 2.31. The Balaban J connectivity index is 1.47. The molecule has 0 radical (unpaired) electrons. The molecular weight excluding hydrogens is 425 g/mol. The van der Waals surface area contributed by atoms with Gasteiger partial charge in [0.2, 0.25) is 0 Å². The van der Waals surface area contributed by atoms with E-state index in [9.17, 15) is 9.18 Å². The summed E-state index contributed by atoms with van der Waals surface area (Å²) in [5.74, 6) is 0.212. The highest BCUT2D eigenvalue weighted by molar-refractivity contribution is 7.10. The van der Waals surface area contributed by atoms with Gasteiger partial charge in [-0.25, -0.2) is 4.39 Å². The molecule has 2 atom stereocenters. The predicted octanol–water partition coefficient (Wildman–Crippen LogP) is 4.58. The van der Waals surface area contributed by atoms with Crippen molar-refractivity contribution in [1.29, 1.82) is 0 Å². The smallest absolute Gasteiger partial charge is 0.255 e. The third-order valence-corrected chi connectivity index (χ3v) is 6.86. The van der Waals surface area contributed by atoms with Crippen LogP contribution in [0.4, 0.5) is 10.1 Å². The fourth-order valence-corrected chi connectivity index (χ4v) is 5.27. The lowest BCUT2D eigenvalue weighted by molar-refractivity contribution is 0.0887. The van der Waals surface area contributed by atoms with E-state index < -0.39 is 0 Å². The Kier molecular flexibility index (Phi) is 7.07. The summed E-state index contributed by atoms with van der Waals surface area (Å²) in [7, 11) is 1.57. The standard InChI is InChI=1S/C25H28FN3O2S/c1-18(27-25(30)21-6-3-4-7-22(21)31-2)24(23-8-5-17-32-23)29-15-13-28(14-16-29)20-11-9-19(26)10-12-20/h3-12,17-18,24H,13-16H2,1-2H3,(H,27,30)/t18-,24-/m0/s1. The van der Waals surface area contributed by atoms with Crippen LogP contribution in [-0.2, 0) is 0 Å². The molecule has 0 spiro atoms. The first-order valence-corrected chi connectivity index (χ1v) is 11.7. The lowest BCUT2D eigenvalue weighted by Crippen LogP contribution is -2.52. The third-order valence-electron chi connectivity index (χ3n) is 5.92. The van der Waals surface area contributed by atoms with Crippen molar-refractivity contribution in [1.82, 2.24) is 10.2 Å². The SMILES string of the molecule is COc1ccccc1C(=O)N[C@@H](C)[C@@H](c1cccs1)N1CCN(c2ccc(F)cc2)CC1. The second-order valence-electron chi connectivity index (χ2n) is 7.92. The van der Waals surface area contributed by atoms with Gasteiger partial charge >= 0.3 is 0 Å². The maximum absolute atomic E-state index is 13.3. The average Bonchev–Trinajstić information content (AvgIpc) is 3.34. The lowest BCUT2D eigenvalue weighted by Gasteiger charge is -2.42. The summed E-state index contributed by atoms with van der Waals surface area (Å²) in [6.07, 6.45) is 0. The van der Waals surface area contributed by atoms with Gasteiger partial charge in [-0.3, -0.25) is 9.69 Å². The maximum Gasteiger partial charge on any atom is 0.255 e. The van der Waals surface area contributed by atoms with Crippen LogP contribution in [0.15, 0.2) is 66.0 Å². The Bertz CT molecular complexity index is 1020. The molecule has 1 aliphatic rings. The largest absolute Gasteiger partial charge is 0.496 e. The fourth-order valence-electron chi connectivity index (χ4n) is 4.31. The van der Waals surface area contributed by atoms with Crippen molar-refractivity contribution >= 4 is 22.9 Å². The van der Waals surface area contributed by atoms with E-state index in [1.54, 1.807) is 30.6 Å². The van der Waals surface area contributed by atoms with Gasteiger partial charge in [-0.1, -0.05) is 18.2 Å². The zero-order valence-corrected chi connectivity index (χ0v) is 19.1. The fraction of sp³-hybridized carbons (Fsp3) is 0.320.